The van der Waals surface area contributed by atoms with Gasteiger partial charge in [-0.15, -0.1) is 5.10 Å². The number of Topliss-reactive ketones (excluding diaryl/α,β-unsaturated/α-hetero) is 2. The first kappa shape index (κ1) is 52.1. The summed E-state index contributed by atoms with van der Waals surface area (Å²) in [6, 6.07) is 5.13. The molecule has 18 nitrogen and oxygen atoms in total. The highest BCUT2D eigenvalue weighted by Gasteiger charge is 2.67. The van der Waals surface area contributed by atoms with Crippen LogP contribution < -0.4 is 5.84 Å². The number of sulfone groups is 1. The lowest BCUT2D eigenvalue weighted by atomic mass is 9.66. The zero-order valence-corrected chi connectivity index (χ0v) is 40.5. The Hall–Kier alpha value is -3.92. The number of aliphatic hydroxyl groups excluding tert-OH is 1. The maximum absolute atomic E-state index is 14.5. The van der Waals surface area contributed by atoms with E-state index in [2.05, 4.69) is 10.3 Å². The largest absolute Gasteiger partial charge is 0.457 e. The Balaban J connectivity index is 1.36. The van der Waals surface area contributed by atoms with E-state index in [0.717, 1.165) is 16.8 Å². The molecule has 0 unspecified atom stereocenters. The van der Waals surface area contributed by atoms with Crippen LogP contribution in [0.15, 0.2) is 35.4 Å². The molecule has 3 fully saturated rings. The fourth-order valence-electron chi connectivity index (χ4n) is 9.95. The first-order chi connectivity index (χ1) is 30.3. The molecule has 5 rings (SSSR count). The molecule has 0 bridgehead atoms. The molecular formula is C45H69FN6O12S. The van der Waals surface area contributed by atoms with E-state index in [9.17, 15) is 37.1 Å². The molecule has 3 aliphatic heterocycles. The third kappa shape index (κ3) is 10.3. The molecule has 0 radical (unpaired) electrons. The number of aromatic nitrogens is 3. The number of cyclic esters (lactones) is 1. The van der Waals surface area contributed by atoms with Crippen LogP contribution in [0.3, 0.4) is 0 Å². The minimum absolute atomic E-state index is 0.0261. The molecule has 14 atom stereocenters. The van der Waals surface area contributed by atoms with Crippen LogP contribution in [0.2, 0.25) is 0 Å². The van der Waals surface area contributed by atoms with E-state index in [1.165, 1.54) is 30.8 Å². The van der Waals surface area contributed by atoms with Crippen LogP contribution >= 0.6 is 0 Å². The maximum Gasteiger partial charge on any atom is 0.425 e. The molecule has 1 aromatic heterocycles. The van der Waals surface area contributed by atoms with Crippen molar-refractivity contribution in [1.29, 1.82) is 0 Å². The third-order valence-electron chi connectivity index (χ3n) is 14.6. The van der Waals surface area contributed by atoms with Crippen molar-refractivity contribution in [3.05, 3.63) is 41.7 Å². The van der Waals surface area contributed by atoms with Gasteiger partial charge in [-0.1, -0.05) is 45.0 Å². The summed E-state index contributed by atoms with van der Waals surface area (Å²) in [5.74, 6) is 0.619. The Morgan fingerprint density at radius 3 is 2.29 bits per heavy atom. The number of rotatable bonds is 13. The summed E-state index contributed by atoms with van der Waals surface area (Å²) in [5, 5.41) is 21.3. The van der Waals surface area contributed by atoms with Crippen LogP contribution in [-0.4, -0.2) is 149 Å². The number of hydrogen-bond acceptors (Lipinski definition) is 16. The van der Waals surface area contributed by atoms with Crippen LogP contribution in [0, 0.1) is 23.7 Å². The van der Waals surface area contributed by atoms with Gasteiger partial charge in [-0.2, -0.15) is 0 Å². The maximum atomic E-state index is 14.5. The lowest BCUT2D eigenvalue weighted by Gasteiger charge is -2.49. The second-order valence-corrected chi connectivity index (χ2v) is 21.0. The standard InChI is InChI=1S/C45H69FN6O12S/c1-13-35-45(9)44(8,52(47)42(57)64-45)29(6)36(53)25(2)22-43(7,60-11)39(27(4)37(54)28(5)40(56)62-35)63-41-38(55)34(20-26(3)61-41)50(10)19-18-31-24-51(49-48-31)32(23-46)21-30-14-16-33(17-15-30)65(12,58)59/h14-17,24-29,32,34-35,38-39,41,55H,13,18-23,47H2,1-12H3/t25-,26-,27+,28-,29+,32+,34+,35-,38-,39-,41+,43-,44+,45-/m1/s1. The van der Waals surface area contributed by atoms with Gasteiger partial charge in [-0.3, -0.25) is 14.4 Å². The molecule has 0 spiro atoms. The summed E-state index contributed by atoms with van der Waals surface area (Å²) in [7, 11) is -0.0927. The summed E-state index contributed by atoms with van der Waals surface area (Å²) in [5.41, 5.74) is -3.10. The van der Waals surface area contributed by atoms with Crippen molar-refractivity contribution < 1.29 is 60.8 Å². The Kier molecular flexibility index (Phi) is 16.1. The molecule has 4 heterocycles. The Bertz CT molecular complexity index is 2150. The molecule has 364 valence electrons. The van der Waals surface area contributed by atoms with Gasteiger partial charge >= 0.3 is 12.1 Å². The predicted molar refractivity (Wildman–Crippen MR) is 234 cm³/mol. The van der Waals surface area contributed by atoms with E-state index in [-0.39, 0.29) is 29.9 Å². The average Bonchev–Trinajstić information content (AvgIpc) is 3.81. The number of ketones is 2. The second-order valence-electron chi connectivity index (χ2n) is 19.0. The quantitative estimate of drug-likeness (QED) is 0.126. The van der Waals surface area contributed by atoms with Gasteiger partial charge in [-0.25, -0.2) is 33.1 Å². The van der Waals surface area contributed by atoms with Gasteiger partial charge in [0.2, 0.25) is 0 Å². The number of nitrogens with zero attached hydrogens (tertiary/aromatic N) is 5. The highest BCUT2D eigenvalue weighted by atomic mass is 32.2. The van der Waals surface area contributed by atoms with Crippen molar-refractivity contribution in [2.24, 2.45) is 29.5 Å². The van der Waals surface area contributed by atoms with Gasteiger partial charge < -0.3 is 33.7 Å². The number of carbonyl (C=O) groups is 4. The number of carbonyl (C=O) groups excluding carboxylic acids is 4. The molecule has 65 heavy (non-hydrogen) atoms. The minimum atomic E-state index is -3.37. The molecule has 1 amide bonds. The monoisotopic (exact) mass is 936 g/mol. The molecule has 0 aliphatic carbocycles. The third-order valence-corrected chi connectivity index (χ3v) is 15.7. The number of benzene rings is 1. The van der Waals surface area contributed by atoms with Crippen molar-refractivity contribution in [1.82, 2.24) is 24.9 Å². The first-order valence-corrected chi connectivity index (χ1v) is 24.2. The van der Waals surface area contributed by atoms with Crippen LogP contribution in [0.1, 0.15) is 98.9 Å². The normalized spacial score (nSPS) is 36.0. The Morgan fingerprint density at radius 1 is 1.06 bits per heavy atom. The van der Waals surface area contributed by atoms with Gasteiger partial charge in [0.15, 0.2) is 27.5 Å². The number of amides is 1. The smallest absolute Gasteiger partial charge is 0.425 e. The number of alkyl halides is 1. The number of hydrogen-bond donors (Lipinski definition) is 2. The van der Waals surface area contributed by atoms with Crippen LogP contribution in [-0.2, 0) is 60.7 Å². The Labute approximate surface area is 381 Å². The number of hydrazine groups is 1. The average molecular weight is 937 g/mol. The van der Waals surface area contributed by atoms with Crippen LogP contribution in [0.5, 0.6) is 0 Å². The van der Waals surface area contributed by atoms with E-state index >= 15 is 0 Å². The fourth-order valence-corrected chi connectivity index (χ4v) is 10.6. The van der Waals surface area contributed by atoms with E-state index < -0.39 is 118 Å². The number of ether oxygens (including phenoxy) is 5. The lowest BCUT2D eigenvalue weighted by molar-refractivity contribution is -0.296. The number of methoxy groups -OCH3 is 1. The van der Waals surface area contributed by atoms with Gasteiger partial charge in [0, 0.05) is 56.3 Å². The summed E-state index contributed by atoms with van der Waals surface area (Å²) in [6.07, 6.45) is -1.98. The summed E-state index contributed by atoms with van der Waals surface area (Å²) in [6.45, 7) is 14.6. The van der Waals surface area contributed by atoms with Crippen LogP contribution in [0.4, 0.5) is 9.18 Å². The number of fused-ring (bicyclic) bond motifs is 1. The summed E-state index contributed by atoms with van der Waals surface area (Å²) < 4.78 is 70.4. The topological polar surface area (TPSA) is 232 Å². The predicted octanol–water partition coefficient (Wildman–Crippen LogP) is 3.82. The number of aliphatic hydroxyl groups is 1. The molecule has 20 heteroatoms. The summed E-state index contributed by atoms with van der Waals surface area (Å²) >= 11 is 0. The molecule has 3 N–H and O–H groups in total. The van der Waals surface area contributed by atoms with Gasteiger partial charge in [0.05, 0.1) is 34.4 Å². The number of likely N-dealkylation sites (N-methyl/N-ethyl adjacent to an activating group) is 1. The summed E-state index contributed by atoms with van der Waals surface area (Å²) in [4.78, 5) is 58.1. The van der Waals surface area contributed by atoms with Crippen LogP contribution in [0.25, 0.3) is 0 Å². The highest BCUT2D eigenvalue weighted by molar-refractivity contribution is 7.90. The first-order valence-electron chi connectivity index (χ1n) is 22.3. The van der Waals surface area contributed by atoms with Gasteiger partial charge in [0.1, 0.15) is 36.1 Å². The zero-order valence-electron chi connectivity index (χ0n) is 39.7. The molecule has 2 aromatic rings. The van der Waals surface area contributed by atoms with Crippen molar-refractivity contribution in [2.75, 3.05) is 33.6 Å². The highest BCUT2D eigenvalue weighted by Crippen LogP contribution is 2.48. The lowest BCUT2D eigenvalue weighted by Crippen LogP contribution is -2.68. The van der Waals surface area contributed by atoms with E-state index in [1.54, 1.807) is 66.8 Å². The van der Waals surface area contributed by atoms with Crippen molar-refractivity contribution in [3.8, 4) is 0 Å². The van der Waals surface area contributed by atoms with Gasteiger partial charge in [-0.05, 0) is 85.0 Å². The number of esters is 1. The second kappa shape index (κ2) is 20.1. The molecule has 1 aromatic carbocycles. The van der Waals surface area contributed by atoms with E-state index in [1.807, 2.05) is 18.9 Å². The van der Waals surface area contributed by atoms with E-state index in [4.69, 9.17) is 29.5 Å². The van der Waals surface area contributed by atoms with E-state index in [0.29, 0.717) is 25.1 Å². The minimum Gasteiger partial charge on any atom is -0.457 e. The molecule has 0 saturated carbocycles. The molecular weight excluding hydrogens is 868 g/mol. The number of halogens is 1. The number of nitrogens with two attached hydrogens (primary N) is 1. The SMILES string of the molecule is CC[C@H]1OC(=O)[C@H](C)C(=O)[C@H](C)[C@@H](O[C@@H]2O[C@H](C)C[C@H](N(C)CCc3cn([C@H](CF)Cc4ccc(S(C)(=O)=O)cc4)nn3)[C@H]2O)[C@](C)(OC)C[C@@H](C)C(=O)[C@H](C)[C@]2(C)N(N)C(=O)O[C@]12C. The van der Waals surface area contributed by atoms with Gasteiger partial charge in [0.25, 0.3) is 0 Å². The molecule has 3 aliphatic rings. The Morgan fingerprint density at radius 2 is 1.71 bits per heavy atom. The van der Waals surface area contributed by atoms with Crippen molar-refractivity contribution in [2.45, 2.75) is 159 Å². The molecule has 3 saturated heterocycles. The van der Waals surface area contributed by atoms with Crippen molar-refractivity contribution >= 4 is 33.5 Å². The fraction of sp³-hybridized carbons (Fsp3) is 0.733. The van der Waals surface area contributed by atoms with Crippen molar-refractivity contribution in [3.63, 3.8) is 0 Å². The zero-order chi connectivity index (χ0) is 48.6.